The highest BCUT2D eigenvalue weighted by atomic mass is 32.2. The van der Waals surface area contributed by atoms with Gasteiger partial charge in [-0.3, -0.25) is 9.36 Å². The van der Waals surface area contributed by atoms with Crippen LogP contribution in [0.2, 0.25) is 0 Å². The Morgan fingerprint density at radius 3 is 2.69 bits per heavy atom. The molecule has 1 aliphatic rings. The van der Waals surface area contributed by atoms with E-state index in [4.69, 9.17) is 18.6 Å². The number of hydrogen-bond donors (Lipinski definition) is 0. The number of hydrogen-bond acceptors (Lipinski definition) is 11. The second-order valence-corrected chi connectivity index (χ2v) is 10.2. The molecule has 0 amide bonds. The summed E-state index contributed by atoms with van der Waals surface area (Å²) in [6.07, 6.45) is 4.97. The highest BCUT2D eigenvalue weighted by Crippen LogP contribution is 2.37. The normalized spacial score (nSPS) is 15.1. The Balaban J connectivity index is 1.63. The Labute approximate surface area is 231 Å². The molecule has 0 saturated heterocycles. The summed E-state index contributed by atoms with van der Waals surface area (Å²) in [6, 6.07) is 9.72. The number of thiazole rings is 1. The molecule has 0 spiro atoms. The van der Waals surface area contributed by atoms with E-state index in [0.717, 1.165) is 0 Å². The molecule has 12 heteroatoms. The van der Waals surface area contributed by atoms with E-state index in [-0.39, 0.29) is 17.7 Å². The molecule has 0 fully saturated rings. The van der Waals surface area contributed by atoms with Crippen molar-refractivity contribution in [3.63, 3.8) is 0 Å². The van der Waals surface area contributed by atoms with Crippen molar-refractivity contribution in [3.05, 3.63) is 91.1 Å². The third-order valence-corrected chi connectivity index (χ3v) is 7.66. The second-order valence-electron chi connectivity index (χ2n) is 8.20. The number of methoxy groups -OCH3 is 2. The van der Waals surface area contributed by atoms with Crippen LogP contribution in [0.5, 0.6) is 11.5 Å². The molecule has 39 heavy (non-hydrogen) atoms. The highest BCUT2D eigenvalue weighted by Gasteiger charge is 2.35. The first-order chi connectivity index (χ1) is 18.9. The van der Waals surface area contributed by atoms with Crippen LogP contribution in [0.4, 0.5) is 0 Å². The number of ether oxygens (including phenoxy) is 3. The van der Waals surface area contributed by atoms with Crippen LogP contribution < -0.4 is 24.4 Å². The van der Waals surface area contributed by atoms with Crippen LogP contribution >= 0.6 is 23.1 Å². The smallest absolute Gasteiger partial charge is 0.338 e. The molecule has 10 nitrogen and oxygen atoms in total. The SMILES string of the molecule is CCOC(=O)C1=C(C)N=c2s/c(=C/c3ccc(Sc4ncccn4)o3)c(=O)n2[C@@H]1c1ccc(OC)cc1OC. The van der Waals surface area contributed by atoms with Crippen molar-refractivity contribution < 1.29 is 23.4 Å². The van der Waals surface area contributed by atoms with Crippen LogP contribution in [0.3, 0.4) is 0 Å². The topological polar surface area (TPSA) is 118 Å². The van der Waals surface area contributed by atoms with Gasteiger partial charge in [-0.05, 0) is 55.9 Å². The maximum absolute atomic E-state index is 13.8. The average Bonchev–Trinajstić information content (AvgIpc) is 3.51. The Bertz CT molecular complexity index is 1740. The van der Waals surface area contributed by atoms with E-state index in [9.17, 15) is 9.59 Å². The fraction of sp³-hybridized carbons (Fsp3) is 0.222. The molecule has 4 aromatic rings. The van der Waals surface area contributed by atoms with Gasteiger partial charge in [-0.2, -0.15) is 0 Å². The number of aromatic nitrogens is 3. The van der Waals surface area contributed by atoms with Gasteiger partial charge in [0.1, 0.15) is 23.3 Å². The molecular weight excluding hydrogens is 540 g/mol. The molecule has 4 heterocycles. The Morgan fingerprint density at radius 1 is 1.18 bits per heavy atom. The fourth-order valence-electron chi connectivity index (χ4n) is 4.15. The zero-order chi connectivity index (χ0) is 27.5. The number of rotatable bonds is 8. The van der Waals surface area contributed by atoms with Gasteiger partial charge in [0.2, 0.25) is 0 Å². The largest absolute Gasteiger partial charge is 0.497 e. The molecule has 1 aliphatic heterocycles. The van der Waals surface area contributed by atoms with Gasteiger partial charge in [0.25, 0.3) is 5.56 Å². The molecule has 0 bridgehead atoms. The molecule has 0 saturated carbocycles. The van der Waals surface area contributed by atoms with Crippen molar-refractivity contribution in [2.45, 2.75) is 30.1 Å². The van der Waals surface area contributed by atoms with E-state index in [0.29, 0.717) is 48.1 Å². The molecule has 1 atom stereocenters. The highest BCUT2D eigenvalue weighted by molar-refractivity contribution is 7.99. The van der Waals surface area contributed by atoms with E-state index < -0.39 is 12.0 Å². The van der Waals surface area contributed by atoms with Gasteiger partial charge in [-0.25, -0.2) is 19.8 Å². The number of fused-ring (bicyclic) bond motifs is 1. The number of benzene rings is 1. The lowest BCUT2D eigenvalue weighted by Gasteiger charge is -2.26. The monoisotopic (exact) mass is 564 g/mol. The number of nitrogens with zero attached hydrogens (tertiary/aromatic N) is 4. The molecular formula is C27H24N4O6S2. The Morgan fingerprint density at radius 2 is 1.97 bits per heavy atom. The number of furan rings is 1. The molecule has 0 N–H and O–H groups in total. The lowest BCUT2D eigenvalue weighted by molar-refractivity contribution is -0.139. The average molecular weight is 565 g/mol. The molecule has 0 unspecified atom stereocenters. The Hall–Kier alpha value is -4.16. The zero-order valence-corrected chi connectivity index (χ0v) is 23.2. The summed E-state index contributed by atoms with van der Waals surface area (Å²) in [7, 11) is 3.08. The van der Waals surface area contributed by atoms with Gasteiger partial charge in [-0.15, -0.1) is 0 Å². The Kier molecular flexibility index (Phi) is 7.66. The zero-order valence-electron chi connectivity index (χ0n) is 21.5. The van der Waals surface area contributed by atoms with Crippen LogP contribution in [-0.2, 0) is 9.53 Å². The first kappa shape index (κ1) is 26.4. The predicted molar refractivity (Wildman–Crippen MR) is 145 cm³/mol. The van der Waals surface area contributed by atoms with Crippen molar-refractivity contribution in [1.29, 1.82) is 0 Å². The number of esters is 1. The van der Waals surface area contributed by atoms with Gasteiger partial charge < -0.3 is 18.6 Å². The van der Waals surface area contributed by atoms with Crippen molar-refractivity contribution >= 4 is 35.1 Å². The first-order valence-corrected chi connectivity index (χ1v) is 13.5. The van der Waals surface area contributed by atoms with E-state index in [1.54, 1.807) is 75.8 Å². The van der Waals surface area contributed by atoms with E-state index in [2.05, 4.69) is 15.0 Å². The summed E-state index contributed by atoms with van der Waals surface area (Å²) in [5, 5.41) is 1.13. The van der Waals surface area contributed by atoms with Gasteiger partial charge in [-0.1, -0.05) is 11.3 Å². The number of carbonyl (C=O) groups excluding carboxylic acids is 1. The van der Waals surface area contributed by atoms with Gasteiger partial charge in [0.15, 0.2) is 15.1 Å². The van der Waals surface area contributed by atoms with Crippen LogP contribution in [-0.4, -0.2) is 41.3 Å². The standard InChI is InChI=1S/C27H24N4O6S2/c1-5-36-25(33)22-15(2)30-27-31(23(22)18-9-7-16(34-3)13-19(18)35-4)24(32)20(38-27)14-17-8-10-21(37-17)39-26-28-11-6-12-29-26/h6-14,23H,5H2,1-4H3/b20-14+/t23-/m1/s1. The van der Waals surface area contributed by atoms with Crippen LogP contribution in [0.15, 0.2) is 84.5 Å². The summed E-state index contributed by atoms with van der Waals surface area (Å²) in [4.78, 5) is 40.4. The summed E-state index contributed by atoms with van der Waals surface area (Å²) in [6.45, 7) is 3.64. The van der Waals surface area contributed by atoms with Crippen molar-refractivity contribution in [2.75, 3.05) is 20.8 Å². The third-order valence-electron chi connectivity index (χ3n) is 5.86. The quantitative estimate of drug-likeness (QED) is 0.235. The molecule has 200 valence electrons. The molecule has 0 aliphatic carbocycles. The van der Waals surface area contributed by atoms with Crippen molar-refractivity contribution in [2.24, 2.45) is 4.99 Å². The maximum Gasteiger partial charge on any atom is 0.338 e. The number of carbonyl (C=O) groups is 1. The predicted octanol–water partition coefficient (Wildman–Crippen LogP) is 3.35. The molecule has 5 rings (SSSR count). The van der Waals surface area contributed by atoms with E-state index in [1.165, 1.54) is 34.8 Å². The van der Waals surface area contributed by atoms with Crippen LogP contribution in [0.1, 0.15) is 31.2 Å². The second kappa shape index (κ2) is 11.3. The fourth-order valence-corrected chi connectivity index (χ4v) is 5.86. The van der Waals surface area contributed by atoms with E-state index in [1.807, 2.05) is 0 Å². The summed E-state index contributed by atoms with van der Waals surface area (Å²) in [5.41, 5.74) is 0.998. The van der Waals surface area contributed by atoms with Crippen molar-refractivity contribution in [3.8, 4) is 11.5 Å². The van der Waals surface area contributed by atoms with Gasteiger partial charge >= 0.3 is 5.97 Å². The third kappa shape index (κ3) is 5.25. The molecule has 3 aromatic heterocycles. The molecule has 0 radical (unpaired) electrons. The summed E-state index contributed by atoms with van der Waals surface area (Å²) < 4.78 is 24.1. The van der Waals surface area contributed by atoms with Crippen LogP contribution in [0, 0.1) is 0 Å². The van der Waals surface area contributed by atoms with Gasteiger partial charge in [0.05, 0.1) is 36.6 Å². The van der Waals surface area contributed by atoms with Crippen molar-refractivity contribution in [1.82, 2.24) is 14.5 Å². The van der Waals surface area contributed by atoms with Gasteiger partial charge in [0, 0.05) is 30.1 Å². The van der Waals surface area contributed by atoms with E-state index >= 15 is 0 Å². The minimum atomic E-state index is -0.818. The van der Waals surface area contributed by atoms with Crippen LogP contribution in [0.25, 0.3) is 6.08 Å². The first-order valence-electron chi connectivity index (χ1n) is 11.9. The minimum Gasteiger partial charge on any atom is -0.497 e. The summed E-state index contributed by atoms with van der Waals surface area (Å²) >= 11 is 2.48. The number of allylic oxidation sites excluding steroid dienone is 1. The molecule has 1 aromatic carbocycles. The lowest BCUT2D eigenvalue weighted by Crippen LogP contribution is -2.40. The lowest BCUT2D eigenvalue weighted by atomic mass is 9.95. The maximum atomic E-state index is 13.8. The summed E-state index contributed by atoms with van der Waals surface area (Å²) in [5.74, 6) is 0.973. The minimum absolute atomic E-state index is 0.180.